The molecule has 4 heteroatoms. The fourth-order valence-corrected chi connectivity index (χ4v) is 1.76. The number of anilines is 1. The first kappa shape index (κ1) is 12.5. The van der Waals surface area contributed by atoms with Gasteiger partial charge >= 0.3 is 0 Å². The average Bonchev–Trinajstić information content (AvgIpc) is 2.39. The van der Waals surface area contributed by atoms with Crippen molar-refractivity contribution in [3.63, 3.8) is 0 Å². The van der Waals surface area contributed by atoms with Crippen molar-refractivity contribution in [2.24, 2.45) is 0 Å². The van der Waals surface area contributed by atoms with Gasteiger partial charge in [0.15, 0.2) is 0 Å². The summed E-state index contributed by atoms with van der Waals surface area (Å²) in [7, 11) is 1.88. The molecular formula is C14H15FN2O. The van der Waals surface area contributed by atoms with Crippen LogP contribution in [0.25, 0.3) is 0 Å². The smallest absolute Gasteiger partial charge is 0.128 e. The maximum atomic E-state index is 13.1. The van der Waals surface area contributed by atoms with Gasteiger partial charge in [0.05, 0.1) is 6.61 Å². The molecule has 0 fully saturated rings. The van der Waals surface area contributed by atoms with Gasteiger partial charge < -0.3 is 10.0 Å². The van der Waals surface area contributed by atoms with E-state index in [0.717, 1.165) is 16.9 Å². The lowest BCUT2D eigenvalue weighted by Crippen LogP contribution is -2.17. The molecule has 0 bridgehead atoms. The van der Waals surface area contributed by atoms with Crippen LogP contribution >= 0.6 is 0 Å². The van der Waals surface area contributed by atoms with Crippen molar-refractivity contribution in [3.8, 4) is 0 Å². The zero-order valence-corrected chi connectivity index (χ0v) is 10.2. The third-order valence-electron chi connectivity index (χ3n) is 2.69. The second-order valence-corrected chi connectivity index (χ2v) is 4.17. The molecule has 0 amide bonds. The standard InChI is InChI=1S/C14H15FN2O/c1-17(9-11-3-2-4-13(15)7-11)14-8-12(10-18)5-6-16-14/h2-8,18H,9-10H2,1H3. The number of nitrogens with zero attached hydrogens (tertiary/aromatic N) is 2. The summed E-state index contributed by atoms with van der Waals surface area (Å²) in [5.74, 6) is 0.517. The zero-order valence-electron chi connectivity index (χ0n) is 10.2. The van der Waals surface area contributed by atoms with Crippen molar-refractivity contribution in [1.82, 2.24) is 4.98 Å². The second-order valence-electron chi connectivity index (χ2n) is 4.17. The number of hydrogen-bond donors (Lipinski definition) is 1. The van der Waals surface area contributed by atoms with Crippen LogP contribution in [0.4, 0.5) is 10.2 Å². The lowest BCUT2D eigenvalue weighted by Gasteiger charge is -2.18. The topological polar surface area (TPSA) is 36.4 Å². The first-order valence-electron chi connectivity index (χ1n) is 5.70. The minimum atomic E-state index is -0.238. The van der Waals surface area contributed by atoms with E-state index in [1.165, 1.54) is 12.1 Å². The average molecular weight is 246 g/mol. The van der Waals surface area contributed by atoms with Gasteiger partial charge in [-0.25, -0.2) is 9.37 Å². The highest BCUT2D eigenvalue weighted by Crippen LogP contribution is 2.14. The molecule has 0 aliphatic carbocycles. The molecule has 2 aromatic rings. The van der Waals surface area contributed by atoms with E-state index in [1.807, 2.05) is 24.1 Å². The van der Waals surface area contributed by atoms with Crippen LogP contribution in [0.2, 0.25) is 0 Å². The lowest BCUT2D eigenvalue weighted by atomic mass is 10.2. The summed E-state index contributed by atoms with van der Waals surface area (Å²) in [5, 5.41) is 9.07. The Morgan fingerprint density at radius 1 is 1.22 bits per heavy atom. The largest absolute Gasteiger partial charge is 0.392 e. The van der Waals surface area contributed by atoms with Gasteiger partial charge in [-0.05, 0) is 35.4 Å². The van der Waals surface area contributed by atoms with Gasteiger partial charge in [-0.15, -0.1) is 0 Å². The molecule has 1 heterocycles. The quantitative estimate of drug-likeness (QED) is 0.899. The maximum absolute atomic E-state index is 13.1. The minimum absolute atomic E-state index is 0.0106. The zero-order chi connectivity index (χ0) is 13.0. The van der Waals surface area contributed by atoms with E-state index in [-0.39, 0.29) is 12.4 Å². The highest BCUT2D eigenvalue weighted by Gasteiger charge is 2.05. The minimum Gasteiger partial charge on any atom is -0.392 e. The molecule has 1 aromatic carbocycles. The van der Waals surface area contributed by atoms with Crippen LogP contribution in [-0.4, -0.2) is 17.1 Å². The van der Waals surface area contributed by atoms with Crippen molar-refractivity contribution >= 4 is 5.82 Å². The van der Waals surface area contributed by atoms with Crippen molar-refractivity contribution in [2.75, 3.05) is 11.9 Å². The number of aliphatic hydroxyl groups excluding tert-OH is 1. The van der Waals surface area contributed by atoms with Gasteiger partial charge in [-0.3, -0.25) is 0 Å². The monoisotopic (exact) mass is 246 g/mol. The predicted octanol–water partition coefficient (Wildman–Crippen LogP) is 2.35. The molecule has 2 rings (SSSR count). The van der Waals surface area contributed by atoms with Crippen LogP contribution < -0.4 is 4.90 Å². The van der Waals surface area contributed by atoms with E-state index < -0.39 is 0 Å². The molecule has 0 aliphatic heterocycles. The predicted molar refractivity (Wildman–Crippen MR) is 68.7 cm³/mol. The van der Waals surface area contributed by atoms with E-state index in [4.69, 9.17) is 5.11 Å². The lowest BCUT2D eigenvalue weighted by molar-refractivity contribution is 0.281. The Morgan fingerprint density at radius 2 is 2.06 bits per heavy atom. The molecule has 0 saturated carbocycles. The van der Waals surface area contributed by atoms with Crippen LogP contribution in [0.15, 0.2) is 42.6 Å². The fraction of sp³-hybridized carbons (Fsp3) is 0.214. The van der Waals surface area contributed by atoms with E-state index in [0.29, 0.717) is 6.54 Å². The molecule has 3 nitrogen and oxygen atoms in total. The number of aromatic nitrogens is 1. The van der Waals surface area contributed by atoms with Crippen LogP contribution in [0.1, 0.15) is 11.1 Å². The first-order chi connectivity index (χ1) is 8.69. The van der Waals surface area contributed by atoms with Gasteiger partial charge in [0.25, 0.3) is 0 Å². The molecule has 0 aliphatic rings. The van der Waals surface area contributed by atoms with Crippen LogP contribution in [0.3, 0.4) is 0 Å². The molecule has 0 atom stereocenters. The second kappa shape index (κ2) is 5.60. The number of aliphatic hydroxyl groups is 1. The Morgan fingerprint density at radius 3 is 2.78 bits per heavy atom. The van der Waals surface area contributed by atoms with E-state index in [1.54, 1.807) is 18.3 Å². The summed E-state index contributed by atoms with van der Waals surface area (Å²) in [6.45, 7) is 0.558. The third kappa shape index (κ3) is 3.05. The number of rotatable bonds is 4. The van der Waals surface area contributed by atoms with E-state index >= 15 is 0 Å². The summed E-state index contributed by atoms with van der Waals surface area (Å²) in [6.07, 6.45) is 1.66. The van der Waals surface area contributed by atoms with Gasteiger partial charge in [-0.2, -0.15) is 0 Å². The summed E-state index contributed by atoms with van der Waals surface area (Å²) < 4.78 is 13.1. The van der Waals surface area contributed by atoms with Crippen molar-refractivity contribution < 1.29 is 9.50 Å². The summed E-state index contributed by atoms with van der Waals surface area (Å²) >= 11 is 0. The molecule has 94 valence electrons. The number of hydrogen-bond acceptors (Lipinski definition) is 3. The summed E-state index contributed by atoms with van der Waals surface area (Å²) in [4.78, 5) is 6.14. The molecule has 18 heavy (non-hydrogen) atoms. The van der Waals surface area contributed by atoms with Gasteiger partial charge in [0, 0.05) is 19.8 Å². The van der Waals surface area contributed by atoms with Crippen LogP contribution in [0, 0.1) is 5.82 Å². The Labute approximate surface area is 106 Å². The Kier molecular flexibility index (Phi) is 3.89. The van der Waals surface area contributed by atoms with Gasteiger partial charge in [-0.1, -0.05) is 12.1 Å². The molecule has 0 saturated heterocycles. The molecule has 1 aromatic heterocycles. The number of halogens is 1. The molecule has 1 N–H and O–H groups in total. The summed E-state index contributed by atoms with van der Waals surface area (Å²) in [6, 6.07) is 10.1. The van der Waals surface area contributed by atoms with Crippen LogP contribution in [-0.2, 0) is 13.2 Å². The highest BCUT2D eigenvalue weighted by atomic mass is 19.1. The normalized spacial score (nSPS) is 10.4. The first-order valence-corrected chi connectivity index (χ1v) is 5.70. The summed E-state index contributed by atoms with van der Waals surface area (Å²) in [5.41, 5.74) is 1.69. The molecule has 0 radical (unpaired) electrons. The fourth-order valence-electron chi connectivity index (χ4n) is 1.76. The SMILES string of the molecule is CN(Cc1cccc(F)c1)c1cc(CO)ccn1. The van der Waals surface area contributed by atoms with Gasteiger partial charge in [0.2, 0.25) is 0 Å². The molecular weight excluding hydrogens is 231 g/mol. The third-order valence-corrected chi connectivity index (χ3v) is 2.69. The maximum Gasteiger partial charge on any atom is 0.128 e. The molecule has 0 spiro atoms. The van der Waals surface area contributed by atoms with Crippen molar-refractivity contribution in [3.05, 3.63) is 59.5 Å². The Hall–Kier alpha value is -1.94. The Bertz CT molecular complexity index is 531. The number of benzene rings is 1. The van der Waals surface area contributed by atoms with Crippen LogP contribution in [0.5, 0.6) is 0 Å². The van der Waals surface area contributed by atoms with E-state index in [2.05, 4.69) is 4.98 Å². The number of pyridine rings is 1. The van der Waals surface area contributed by atoms with Crippen molar-refractivity contribution in [2.45, 2.75) is 13.2 Å². The highest BCUT2D eigenvalue weighted by molar-refractivity contribution is 5.40. The van der Waals surface area contributed by atoms with Gasteiger partial charge in [0.1, 0.15) is 11.6 Å². The van der Waals surface area contributed by atoms with Crippen molar-refractivity contribution in [1.29, 1.82) is 0 Å². The Balaban J connectivity index is 2.13. The van der Waals surface area contributed by atoms with E-state index in [9.17, 15) is 4.39 Å². The molecule has 0 unspecified atom stereocenters.